The molecule has 2 atom stereocenters. The Bertz CT molecular complexity index is 118. The zero-order chi connectivity index (χ0) is 6.32. The predicted octanol–water partition coefficient (Wildman–Crippen LogP) is 1.54. The molecule has 0 aromatic carbocycles. The third kappa shape index (κ3) is 0.877. The van der Waals surface area contributed by atoms with Gasteiger partial charge in [-0.2, -0.15) is 0 Å². The molecule has 2 bridgehead atoms. The van der Waals surface area contributed by atoms with E-state index in [9.17, 15) is 0 Å². The Kier molecular flexibility index (Phi) is 1.10. The van der Waals surface area contributed by atoms with Crippen molar-refractivity contribution in [1.82, 2.24) is 5.32 Å². The molecule has 1 N–H and O–H groups in total. The number of piperidine rings is 1. The smallest absolute Gasteiger partial charge is 0.0156 e. The van der Waals surface area contributed by atoms with Crippen molar-refractivity contribution < 1.29 is 0 Å². The van der Waals surface area contributed by atoms with Crippen LogP contribution in [-0.4, -0.2) is 12.1 Å². The van der Waals surface area contributed by atoms with Gasteiger partial charge in [-0.3, -0.25) is 0 Å². The summed E-state index contributed by atoms with van der Waals surface area (Å²) in [6, 6.07) is 0. The van der Waals surface area contributed by atoms with Crippen LogP contribution in [0.5, 0.6) is 0 Å². The number of hydrogen-bond donors (Lipinski definition) is 1. The summed E-state index contributed by atoms with van der Waals surface area (Å²) in [4.78, 5) is 0. The number of rotatable bonds is 0. The highest BCUT2D eigenvalue weighted by Crippen LogP contribution is 2.38. The van der Waals surface area contributed by atoms with E-state index in [1.807, 2.05) is 0 Å². The summed E-state index contributed by atoms with van der Waals surface area (Å²) in [5.41, 5.74) is 0.545. The van der Waals surface area contributed by atoms with Gasteiger partial charge in [-0.05, 0) is 45.1 Å². The molecular weight excluding hydrogens is 110 g/mol. The topological polar surface area (TPSA) is 12.0 Å². The molecule has 0 aromatic heterocycles. The fourth-order valence-electron chi connectivity index (χ4n) is 2.35. The van der Waals surface area contributed by atoms with Crippen LogP contribution in [0.1, 0.15) is 32.6 Å². The van der Waals surface area contributed by atoms with Gasteiger partial charge in [0.2, 0.25) is 0 Å². The van der Waals surface area contributed by atoms with Crippen molar-refractivity contribution in [3.8, 4) is 0 Å². The van der Waals surface area contributed by atoms with Crippen molar-refractivity contribution in [3.63, 3.8) is 0 Å². The maximum absolute atomic E-state index is 3.59. The minimum Gasteiger partial charge on any atom is -0.311 e. The van der Waals surface area contributed by atoms with Crippen LogP contribution in [0.3, 0.4) is 0 Å². The van der Waals surface area contributed by atoms with E-state index in [0.29, 0.717) is 5.54 Å². The molecule has 1 aliphatic heterocycles. The molecule has 1 saturated heterocycles. The lowest BCUT2D eigenvalue weighted by atomic mass is 9.93. The standard InChI is InChI=1S/C8H15N/c1-8-4-2-7(6-8)3-5-9-8/h7,9H,2-6H2,1H3/t7?,8-/m1/s1. The highest BCUT2D eigenvalue weighted by molar-refractivity contribution is 4.96. The van der Waals surface area contributed by atoms with Crippen molar-refractivity contribution in [2.45, 2.75) is 38.1 Å². The largest absolute Gasteiger partial charge is 0.311 e. The van der Waals surface area contributed by atoms with Gasteiger partial charge in [-0.1, -0.05) is 0 Å². The van der Waals surface area contributed by atoms with Crippen LogP contribution in [-0.2, 0) is 0 Å². The summed E-state index contributed by atoms with van der Waals surface area (Å²) in [5.74, 6) is 1.07. The number of hydrogen-bond acceptors (Lipinski definition) is 1. The normalized spacial score (nSPS) is 49.7. The molecule has 9 heavy (non-hydrogen) atoms. The van der Waals surface area contributed by atoms with Gasteiger partial charge in [0.15, 0.2) is 0 Å². The molecule has 2 rings (SSSR count). The maximum Gasteiger partial charge on any atom is 0.0156 e. The minimum atomic E-state index is 0.545. The SMILES string of the molecule is C[C@]12CCC(CCN1)C2. The molecule has 0 amide bonds. The Hall–Kier alpha value is -0.0400. The van der Waals surface area contributed by atoms with Crippen molar-refractivity contribution in [1.29, 1.82) is 0 Å². The molecule has 2 fully saturated rings. The first-order valence-electron chi connectivity index (χ1n) is 4.04. The Morgan fingerprint density at radius 2 is 2.33 bits per heavy atom. The fraction of sp³-hybridized carbons (Fsp3) is 1.00. The van der Waals surface area contributed by atoms with Gasteiger partial charge < -0.3 is 5.32 Å². The molecule has 2 aliphatic rings. The molecule has 1 nitrogen and oxygen atoms in total. The first kappa shape index (κ1) is 5.72. The summed E-state index contributed by atoms with van der Waals surface area (Å²) < 4.78 is 0. The first-order valence-corrected chi connectivity index (χ1v) is 4.04. The van der Waals surface area contributed by atoms with E-state index in [2.05, 4.69) is 12.2 Å². The Balaban J connectivity index is 2.13. The zero-order valence-corrected chi connectivity index (χ0v) is 6.11. The van der Waals surface area contributed by atoms with Crippen LogP contribution in [0.15, 0.2) is 0 Å². The Labute approximate surface area is 56.8 Å². The molecule has 0 aromatic rings. The molecule has 1 heteroatoms. The van der Waals surface area contributed by atoms with E-state index in [1.54, 1.807) is 0 Å². The summed E-state index contributed by atoms with van der Waals surface area (Å²) in [5, 5.41) is 3.59. The molecule has 1 saturated carbocycles. The summed E-state index contributed by atoms with van der Waals surface area (Å²) in [6.07, 6.45) is 5.75. The average molecular weight is 125 g/mol. The minimum absolute atomic E-state index is 0.545. The molecule has 1 heterocycles. The molecule has 0 radical (unpaired) electrons. The van der Waals surface area contributed by atoms with E-state index in [4.69, 9.17) is 0 Å². The second kappa shape index (κ2) is 1.72. The number of nitrogens with one attached hydrogen (secondary N) is 1. The van der Waals surface area contributed by atoms with Gasteiger partial charge in [0.05, 0.1) is 0 Å². The fourth-order valence-corrected chi connectivity index (χ4v) is 2.35. The lowest BCUT2D eigenvalue weighted by Gasteiger charge is -2.30. The van der Waals surface area contributed by atoms with Gasteiger partial charge in [0.25, 0.3) is 0 Å². The molecule has 52 valence electrons. The summed E-state index contributed by atoms with van der Waals surface area (Å²) in [7, 11) is 0. The highest BCUT2D eigenvalue weighted by atomic mass is 15.0. The second-order valence-corrected chi connectivity index (χ2v) is 3.88. The molecule has 0 spiro atoms. The number of fused-ring (bicyclic) bond motifs is 2. The van der Waals surface area contributed by atoms with Crippen LogP contribution in [0.4, 0.5) is 0 Å². The third-order valence-electron chi connectivity index (χ3n) is 2.95. The zero-order valence-electron chi connectivity index (χ0n) is 6.11. The molecule has 1 aliphatic carbocycles. The van der Waals surface area contributed by atoms with E-state index in [-0.39, 0.29) is 0 Å². The lowest BCUT2D eigenvalue weighted by molar-refractivity contribution is 0.294. The molecular formula is C8H15N. The lowest BCUT2D eigenvalue weighted by Crippen LogP contribution is -2.43. The first-order chi connectivity index (χ1) is 4.29. The monoisotopic (exact) mass is 125 g/mol. The van der Waals surface area contributed by atoms with Gasteiger partial charge in [-0.15, -0.1) is 0 Å². The maximum atomic E-state index is 3.59. The second-order valence-electron chi connectivity index (χ2n) is 3.88. The van der Waals surface area contributed by atoms with E-state index in [1.165, 1.54) is 32.2 Å². The van der Waals surface area contributed by atoms with Crippen LogP contribution in [0.2, 0.25) is 0 Å². The van der Waals surface area contributed by atoms with Gasteiger partial charge >= 0.3 is 0 Å². The van der Waals surface area contributed by atoms with Crippen molar-refractivity contribution in [2.75, 3.05) is 6.54 Å². The summed E-state index contributed by atoms with van der Waals surface area (Å²) in [6.45, 7) is 3.63. The van der Waals surface area contributed by atoms with Crippen LogP contribution >= 0.6 is 0 Å². The van der Waals surface area contributed by atoms with Crippen molar-refractivity contribution >= 4 is 0 Å². The Morgan fingerprint density at radius 3 is 3.00 bits per heavy atom. The quantitative estimate of drug-likeness (QED) is 0.518. The van der Waals surface area contributed by atoms with Crippen LogP contribution in [0.25, 0.3) is 0 Å². The van der Waals surface area contributed by atoms with Gasteiger partial charge in [0.1, 0.15) is 0 Å². The van der Waals surface area contributed by atoms with E-state index < -0.39 is 0 Å². The van der Waals surface area contributed by atoms with Crippen molar-refractivity contribution in [2.24, 2.45) is 5.92 Å². The third-order valence-corrected chi connectivity index (χ3v) is 2.95. The van der Waals surface area contributed by atoms with Gasteiger partial charge in [-0.25, -0.2) is 0 Å². The highest BCUT2D eigenvalue weighted by Gasteiger charge is 2.37. The predicted molar refractivity (Wildman–Crippen MR) is 38.4 cm³/mol. The van der Waals surface area contributed by atoms with Crippen LogP contribution in [0, 0.1) is 5.92 Å². The van der Waals surface area contributed by atoms with E-state index >= 15 is 0 Å². The van der Waals surface area contributed by atoms with Crippen LogP contribution < -0.4 is 5.32 Å². The Morgan fingerprint density at radius 1 is 1.44 bits per heavy atom. The average Bonchev–Trinajstić information content (AvgIpc) is 2.07. The summed E-state index contributed by atoms with van der Waals surface area (Å²) >= 11 is 0. The molecule has 1 unspecified atom stereocenters. The van der Waals surface area contributed by atoms with Gasteiger partial charge in [0, 0.05) is 5.54 Å². The van der Waals surface area contributed by atoms with E-state index in [0.717, 1.165) is 5.92 Å². The van der Waals surface area contributed by atoms with Crippen molar-refractivity contribution in [3.05, 3.63) is 0 Å².